The molecule has 0 aliphatic rings. The lowest BCUT2D eigenvalue weighted by molar-refractivity contribution is -0.135. The zero-order valence-electron chi connectivity index (χ0n) is 11.1. The molecule has 1 atom stereocenters. The number of hydrogen-bond acceptors (Lipinski definition) is 1. The lowest BCUT2D eigenvalue weighted by atomic mass is 10.1. The first-order valence-electron chi connectivity index (χ1n) is 6.43. The number of nitrogens with one attached hydrogen (secondary N) is 1. The van der Waals surface area contributed by atoms with Gasteiger partial charge in [0.25, 0.3) is 0 Å². The van der Waals surface area contributed by atoms with Crippen molar-refractivity contribution in [1.29, 1.82) is 0 Å². The van der Waals surface area contributed by atoms with E-state index in [0.29, 0.717) is 6.42 Å². The van der Waals surface area contributed by atoms with Gasteiger partial charge in [0.2, 0.25) is 0 Å². The summed E-state index contributed by atoms with van der Waals surface area (Å²) in [7, 11) is 0. The average Bonchev–Trinajstić information content (AvgIpc) is 2.29. The summed E-state index contributed by atoms with van der Waals surface area (Å²) in [5.74, 6) is 0. The molecule has 0 heterocycles. The third-order valence-corrected chi connectivity index (χ3v) is 3.44. The number of benzene rings is 1. The molecule has 0 radical (unpaired) electrons. The molecule has 0 saturated heterocycles. The highest BCUT2D eigenvalue weighted by atomic mass is 79.9. The lowest BCUT2D eigenvalue weighted by Gasteiger charge is -2.18. The van der Waals surface area contributed by atoms with Crippen molar-refractivity contribution in [1.82, 2.24) is 0 Å². The van der Waals surface area contributed by atoms with Crippen molar-refractivity contribution in [3.8, 4) is 0 Å². The Balaban J connectivity index is 2.50. The van der Waals surface area contributed by atoms with Gasteiger partial charge in [0, 0.05) is 22.6 Å². The predicted octanol–water partition coefficient (Wildman–Crippen LogP) is 5.54. The summed E-state index contributed by atoms with van der Waals surface area (Å²) < 4.78 is 37.2. The van der Waals surface area contributed by atoms with Crippen LogP contribution < -0.4 is 5.32 Å². The highest BCUT2D eigenvalue weighted by molar-refractivity contribution is 9.10. The monoisotopic (exact) mass is 337 g/mol. The Bertz CT molecular complexity index is 404. The molecule has 1 aromatic rings. The second-order valence-electron chi connectivity index (χ2n) is 4.71. The van der Waals surface area contributed by atoms with Crippen LogP contribution in [0.5, 0.6) is 0 Å². The van der Waals surface area contributed by atoms with E-state index >= 15 is 0 Å². The van der Waals surface area contributed by atoms with Crippen LogP contribution in [-0.2, 0) is 6.42 Å². The molecule has 0 aliphatic carbocycles. The fourth-order valence-electron chi connectivity index (χ4n) is 1.94. The Morgan fingerprint density at radius 2 is 2.00 bits per heavy atom. The predicted molar refractivity (Wildman–Crippen MR) is 76.5 cm³/mol. The van der Waals surface area contributed by atoms with Gasteiger partial charge in [-0.15, -0.1) is 0 Å². The highest BCUT2D eigenvalue weighted by Gasteiger charge is 2.26. The highest BCUT2D eigenvalue weighted by Crippen LogP contribution is 2.25. The van der Waals surface area contributed by atoms with E-state index < -0.39 is 12.6 Å². The van der Waals surface area contributed by atoms with Crippen LogP contribution in [0.3, 0.4) is 0 Å². The first-order chi connectivity index (χ1) is 8.81. The maximum atomic E-state index is 12.1. The summed E-state index contributed by atoms with van der Waals surface area (Å²) in [6.45, 7) is 3.97. The smallest absolute Gasteiger partial charge is 0.382 e. The first kappa shape index (κ1) is 16.3. The number of halogens is 4. The van der Waals surface area contributed by atoms with Crippen molar-refractivity contribution in [3.63, 3.8) is 0 Å². The standard InChI is InChI=1S/C14H19BrF3N/c1-3-11-9-12(15)6-7-13(11)19-10(2)5-4-8-14(16,17)18/h6-7,9-10,19H,3-5,8H2,1-2H3. The number of aryl methyl sites for hydroxylation is 1. The van der Waals surface area contributed by atoms with E-state index in [-0.39, 0.29) is 12.5 Å². The van der Waals surface area contributed by atoms with Gasteiger partial charge in [-0.2, -0.15) is 13.2 Å². The Morgan fingerprint density at radius 3 is 2.58 bits per heavy atom. The summed E-state index contributed by atoms with van der Waals surface area (Å²) in [6.07, 6.45) is -3.20. The molecule has 0 saturated carbocycles. The Labute approximate surface area is 120 Å². The summed E-state index contributed by atoms with van der Waals surface area (Å²) >= 11 is 3.41. The zero-order chi connectivity index (χ0) is 14.5. The zero-order valence-corrected chi connectivity index (χ0v) is 12.7. The van der Waals surface area contributed by atoms with E-state index in [1.807, 2.05) is 25.1 Å². The first-order valence-corrected chi connectivity index (χ1v) is 7.23. The number of hydrogen-bond donors (Lipinski definition) is 1. The lowest BCUT2D eigenvalue weighted by Crippen LogP contribution is -2.17. The van der Waals surface area contributed by atoms with Gasteiger partial charge in [0.15, 0.2) is 0 Å². The largest absolute Gasteiger partial charge is 0.389 e. The molecule has 0 amide bonds. The van der Waals surface area contributed by atoms with Gasteiger partial charge in [0.05, 0.1) is 0 Å². The van der Waals surface area contributed by atoms with Crippen molar-refractivity contribution in [2.45, 2.75) is 51.7 Å². The van der Waals surface area contributed by atoms with Crippen molar-refractivity contribution in [2.75, 3.05) is 5.32 Å². The van der Waals surface area contributed by atoms with Gasteiger partial charge in [-0.3, -0.25) is 0 Å². The summed E-state index contributed by atoms with van der Waals surface area (Å²) in [5, 5.41) is 3.29. The SMILES string of the molecule is CCc1cc(Br)ccc1NC(C)CCCC(F)(F)F. The topological polar surface area (TPSA) is 12.0 Å². The molecule has 0 aromatic heterocycles. The molecule has 0 spiro atoms. The van der Waals surface area contributed by atoms with E-state index in [9.17, 15) is 13.2 Å². The minimum Gasteiger partial charge on any atom is -0.382 e. The van der Waals surface area contributed by atoms with Crippen LogP contribution in [0, 0.1) is 0 Å². The van der Waals surface area contributed by atoms with Gasteiger partial charge < -0.3 is 5.32 Å². The molecule has 0 fully saturated rings. The third kappa shape index (κ3) is 6.32. The van der Waals surface area contributed by atoms with Crippen molar-refractivity contribution in [2.24, 2.45) is 0 Å². The summed E-state index contributed by atoms with van der Waals surface area (Å²) in [5.41, 5.74) is 2.17. The molecule has 1 rings (SSSR count). The van der Waals surface area contributed by atoms with Crippen LogP contribution in [0.1, 0.15) is 38.7 Å². The van der Waals surface area contributed by atoms with Crippen molar-refractivity contribution in [3.05, 3.63) is 28.2 Å². The third-order valence-electron chi connectivity index (χ3n) is 2.95. The maximum absolute atomic E-state index is 12.1. The van der Waals surface area contributed by atoms with Crippen LogP contribution in [0.15, 0.2) is 22.7 Å². The Hall–Kier alpha value is -0.710. The van der Waals surface area contributed by atoms with Crippen LogP contribution in [0.4, 0.5) is 18.9 Å². The summed E-state index contributed by atoms with van der Waals surface area (Å²) in [4.78, 5) is 0. The number of alkyl halides is 3. The Kier molecular flexibility index (Phi) is 6.17. The van der Waals surface area contributed by atoms with E-state index in [2.05, 4.69) is 28.2 Å². The van der Waals surface area contributed by atoms with Crippen molar-refractivity contribution < 1.29 is 13.2 Å². The van der Waals surface area contributed by atoms with E-state index in [0.717, 1.165) is 22.1 Å². The van der Waals surface area contributed by atoms with Crippen LogP contribution in [0.25, 0.3) is 0 Å². The molecular formula is C14H19BrF3N. The van der Waals surface area contributed by atoms with Gasteiger partial charge in [-0.05, 0) is 49.9 Å². The number of anilines is 1. The molecule has 5 heteroatoms. The molecule has 0 aliphatic heterocycles. The molecule has 0 bridgehead atoms. The van der Waals surface area contributed by atoms with Crippen molar-refractivity contribution >= 4 is 21.6 Å². The van der Waals surface area contributed by atoms with E-state index in [1.165, 1.54) is 0 Å². The molecule has 1 unspecified atom stereocenters. The van der Waals surface area contributed by atoms with Gasteiger partial charge in [-0.1, -0.05) is 22.9 Å². The van der Waals surface area contributed by atoms with Gasteiger partial charge >= 0.3 is 6.18 Å². The molecule has 1 N–H and O–H groups in total. The molecule has 19 heavy (non-hydrogen) atoms. The fourth-order valence-corrected chi connectivity index (χ4v) is 2.35. The van der Waals surface area contributed by atoms with Gasteiger partial charge in [0.1, 0.15) is 0 Å². The normalized spacial score (nSPS) is 13.4. The average molecular weight is 338 g/mol. The molecule has 108 valence electrons. The fraction of sp³-hybridized carbons (Fsp3) is 0.571. The minimum absolute atomic E-state index is 0.0359. The van der Waals surface area contributed by atoms with Crippen LogP contribution in [-0.4, -0.2) is 12.2 Å². The summed E-state index contributed by atoms with van der Waals surface area (Å²) in [6, 6.07) is 5.96. The van der Waals surface area contributed by atoms with E-state index in [4.69, 9.17) is 0 Å². The number of rotatable bonds is 6. The van der Waals surface area contributed by atoms with Crippen LogP contribution in [0.2, 0.25) is 0 Å². The molecular weight excluding hydrogens is 319 g/mol. The maximum Gasteiger partial charge on any atom is 0.389 e. The van der Waals surface area contributed by atoms with Crippen LogP contribution >= 0.6 is 15.9 Å². The second-order valence-corrected chi connectivity index (χ2v) is 5.62. The minimum atomic E-state index is -4.05. The quantitative estimate of drug-likeness (QED) is 0.718. The second kappa shape index (κ2) is 7.17. The van der Waals surface area contributed by atoms with Gasteiger partial charge in [-0.25, -0.2) is 0 Å². The van der Waals surface area contributed by atoms with E-state index in [1.54, 1.807) is 0 Å². The Morgan fingerprint density at radius 1 is 1.32 bits per heavy atom. The molecule has 1 nitrogen and oxygen atoms in total. The molecule has 1 aromatic carbocycles.